The van der Waals surface area contributed by atoms with Crippen molar-refractivity contribution in [1.82, 2.24) is 4.90 Å². The molecular weight excluding hydrogens is 465 g/mol. The number of hydrogen-bond donors (Lipinski definition) is 0. The van der Waals surface area contributed by atoms with Gasteiger partial charge in [-0.3, -0.25) is 9.69 Å². The van der Waals surface area contributed by atoms with Crippen molar-refractivity contribution in [2.45, 2.75) is 70.6 Å². The smallest absolute Gasteiger partial charge is 0.411 e. The number of carbonyl (C=O) groups excluding carboxylic acids is 2. The molecule has 1 aliphatic carbocycles. The Morgan fingerprint density at radius 1 is 1.23 bits per heavy atom. The predicted octanol–water partition coefficient (Wildman–Crippen LogP) is 5.86. The average Bonchev–Trinajstić information content (AvgIpc) is 3.53. The second-order valence-electron chi connectivity index (χ2n) is 10.3. The molecule has 0 unspecified atom stereocenters. The summed E-state index contributed by atoms with van der Waals surface area (Å²) in [5.41, 5.74) is 0.0168. The lowest BCUT2D eigenvalue weighted by Gasteiger charge is -2.35. The first-order valence-electron chi connectivity index (χ1n) is 11.8. The molecule has 182 valence electrons. The number of ether oxygens (including phenoxy) is 1. The van der Waals surface area contributed by atoms with Crippen molar-refractivity contribution in [3.63, 3.8) is 0 Å². The van der Waals surface area contributed by atoms with E-state index in [1.54, 1.807) is 11.0 Å². The van der Waals surface area contributed by atoms with E-state index in [4.69, 9.17) is 10.00 Å². The van der Waals surface area contributed by atoms with Crippen LogP contribution in [0.4, 0.5) is 9.18 Å². The number of halogens is 1. The van der Waals surface area contributed by atoms with Crippen LogP contribution in [0.1, 0.15) is 56.9 Å². The van der Waals surface area contributed by atoms with Crippen LogP contribution in [0.15, 0.2) is 30.3 Å². The van der Waals surface area contributed by atoms with Crippen LogP contribution in [0.25, 0.3) is 10.4 Å². The summed E-state index contributed by atoms with van der Waals surface area (Å²) in [5.74, 6) is -1.05. The monoisotopic (exact) mass is 493 g/mol. The normalized spacial score (nSPS) is 21.9. The van der Waals surface area contributed by atoms with Gasteiger partial charge in [0.15, 0.2) is 5.78 Å². The van der Waals surface area contributed by atoms with E-state index in [9.17, 15) is 19.2 Å². The highest BCUT2D eigenvalue weighted by atomic mass is 32.1. The zero-order chi connectivity index (χ0) is 25.3. The van der Waals surface area contributed by atoms with Crippen LogP contribution < -0.4 is 0 Å². The Morgan fingerprint density at radius 3 is 2.66 bits per heavy atom. The van der Waals surface area contributed by atoms with Gasteiger partial charge in [-0.25, -0.2) is 9.18 Å². The number of rotatable bonds is 6. The number of nitriles is 2. The molecule has 1 saturated heterocycles. The molecule has 1 aromatic heterocycles. The molecule has 8 heteroatoms. The molecule has 4 atom stereocenters. The SMILES string of the molecule is CC(C)(C)OC(=O)N1[C@@H]2CC[C@@H](C2)[C@H]1C(=O)C[C@H](C#N)Cc1ccc(-c2ccc(C#N)c(F)c2)s1. The van der Waals surface area contributed by atoms with E-state index < -0.39 is 29.5 Å². The molecule has 2 heterocycles. The van der Waals surface area contributed by atoms with Gasteiger partial charge in [-0.15, -0.1) is 11.3 Å². The summed E-state index contributed by atoms with van der Waals surface area (Å²) in [7, 11) is 0. The van der Waals surface area contributed by atoms with Crippen LogP contribution in [0.2, 0.25) is 0 Å². The number of piperidine rings is 1. The Hall–Kier alpha value is -3.23. The van der Waals surface area contributed by atoms with Crippen molar-refractivity contribution >= 4 is 23.2 Å². The highest BCUT2D eigenvalue weighted by molar-refractivity contribution is 7.15. The topological polar surface area (TPSA) is 94.2 Å². The lowest BCUT2D eigenvalue weighted by molar-refractivity contribution is -0.126. The van der Waals surface area contributed by atoms with Crippen molar-refractivity contribution in [3.8, 4) is 22.6 Å². The quantitative estimate of drug-likeness (QED) is 0.503. The van der Waals surface area contributed by atoms with Gasteiger partial charge in [0.1, 0.15) is 17.5 Å². The molecule has 0 spiro atoms. The number of hydrogen-bond acceptors (Lipinski definition) is 6. The first-order valence-corrected chi connectivity index (χ1v) is 12.6. The van der Waals surface area contributed by atoms with Gasteiger partial charge in [0, 0.05) is 22.2 Å². The van der Waals surface area contributed by atoms with Gasteiger partial charge in [-0.2, -0.15) is 10.5 Å². The minimum Gasteiger partial charge on any atom is -0.444 e. The zero-order valence-corrected chi connectivity index (χ0v) is 20.9. The lowest BCUT2D eigenvalue weighted by Crippen LogP contribution is -2.51. The molecule has 6 nitrogen and oxygen atoms in total. The van der Waals surface area contributed by atoms with Crippen molar-refractivity contribution in [1.29, 1.82) is 10.5 Å². The number of Topliss-reactive ketones (excluding diaryl/α,β-unsaturated/α-hetero) is 1. The van der Waals surface area contributed by atoms with Crippen molar-refractivity contribution in [3.05, 3.63) is 46.6 Å². The molecule has 2 aromatic rings. The van der Waals surface area contributed by atoms with Gasteiger partial charge in [0.2, 0.25) is 0 Å². The Balaban J connectivity index is 1.44. The van der Waals surface area contributed by atoms with E-state index in [1.165, 1.54) is 23.5 Å². The first-order chi connectivity index (χ1) is 16.6. The molecule has 4 rings (SSSR count). The van der Waals surface area contributed by atoms with Crippen molar-refractivity contribution < 1.29 is 18.7 Å². The molecule has 0 radical (unpaired) electrons. The first kappa shape index (κ1) is 24.9. The van der Waals surface area contributed by atoms with E-state index in [1.807, 2.05) is 39.0 Å². The number of fused-ring (bicyclic) bond motifs is 2. The van der Waals surface area contributed by atoms with E-state index >= 15 is 0 Å². The molecule has 1 aromatic carbocycles. The summed E-state index contributed by atoms with van der Waals surface area (Å²) < 4.78 is 19.6. The van der Waals surface area contributed by atoms with Gasteiger partial charge in [0.25, 0.3) is 0 Å². The van der Waals surface area contributed by atoms with Crippen LogP contribution in [0.5, 0.6) is 0 Å². The fourth-order valence-corrected chi connectivity index (χ4v) is 6.24. The lowest BCUT2D eigenvalue weighted by atomic mass is 9.89. The number of thiophene rings is 1. The third-order valence-electron chi connectivity index (χ3n) is 6.63. The Morgan fingerprint density at radius 2 is 2.00 bits per heavy atom. The van der Waals surface area contributed by atoms with Crippen LogP contribution in [-0.2, 0) is 16.0 Å². The number of likely N-dealkylation sites (tertiary alicyclic amines) is 1. The third-order valence-corrected chi connectivity index (χ3v) is 7.79. The molecule has 2 fully saturated rings. The summed E-state index contributed by atoms with van der Waals surface area (Å²) >= 11 is 1.44. The summed E-state index contributed by atoms with van der Waals surface area (Å²) in [6.07, 6.45) is 2.62. The van der Waals surface area contributed by atoms with Crippen LogP contribution in [0, 0.1) is 40.3 Å². The van der Waals surface area contributed by atoms with Gasteiger partial charge in [-0.1, -0.05) is 6.07 Å². The molecule has 1 saturated carbocycles. The fraction of sp³-hybridized carbons (Fsp3) is 0.481. The van der Waals surface area contributed by atoms with Gasteiger partial charge >= 0.3 is 6.09 Å². The predicted molar refractivity (Wildman–Crippen MR) is 130 cm³/mol. The minimum absolute atomic E-state index is 0.00498. The van der Waals surface area contributed by atoms with Gasteiger partial charge in [0.05, 0.1) is 23.6 Å². The third kappa shape index (κ3) is 5.39. The second kappa shape index (κ2) is 9.79. The largest absolute Gasteiger partial charge is 0.444 e. The standard InChI is InChI=1S/C27H28FN3O3S/c1-27(2,3)34-26(33)31-20-7-6-18(12-20)25(31)23(32)11-16(14-29)10-21-8-9-24(35-21)17-4-5-19(15-30)22(28)13-17/h4-5,8-9,13,16,18,20,25H,6-7,10-12H2,1-3H3/t16-,18+,20-,25+/m1/s1. The fourth-order valence-electron chi connectivity index (χ4n) is 5.15. The molecule has 0 N–H and O–H groups in total. The maximum absolute atomic E-state index is 14.0. The molecule has 2 aliphatic rings. The van der Waals surface area contributed by atoms with Gasteiger partial charge in [-0.05, 0) is 82.2 Å². The van der Waals surface area contributed by atoms with Gasteiger partial charge < -0.3 is 4.74 Å². The van der Waals surface area contributed by atoms with E-state index in [2.05, 4.69) is 6.07 Å². The highest BCUT2D eigenvalue weighted by Crippen LogP contribution is 2.44. The van der Waals surface area contributed by atoms with E-state index in [-0.39, 0.29) is 29.7 Å². The number of benzene rings is 1. The number of carbonyl (C=O) groups is 2. The molecule has 1 aliphatic heterocycles. The molecule has 35 heavy (non-hydrogen) atoms. The van der Waals surface area contributed by atoms with Crippen molar-refractivity contribution in [2.24, 2.45) is 11.8 Å². The summed E-state index contributed by atoms with van der Waals surface area (Å²) in [5, 5.41) is 18.7. The molecule has 2 bridgehead atoms. The minimum atomic E-state index is -0.642. The van der Waals surface area contributed by atoms with Crippen LogP contribution in [0.3, 0.4) is 0 Å². The van der Waals surface area contributed by atoms with Crippen molar-refractivity contribution in [2.75, 3.05) is 0 Å². The summed E-state index contributed by atoms with van der Waals surface area (Å²) in [6.45, 7) is 5.43. The number of amides is 1. The Labute approximate surface area is 208 Å². The maximum atomic E-state index is 14.0. The van der Waals surface area contributed by atoms with E-state index in [0.717, 1.165) is 29.0 Å². The zero-order valence-electron chi connectivity index (χ0n) is 20.1. The number of nitrogens with zero attached hydrogens (tertiary/aromatic N) is 3. The number of ketones is 1. The van der Waals surface area contributed by atoms with Crippen LogP contribution >= 0.6 is 11.3 Å². The van der Waals surface area contributed by atoms with Crippen LogP contribution in [-0.4, -0.2) is 34.5 Å². The highest BCUT2D eigenvalue weighted by Gasteiger charge is 2.52. The average molecular weight is 494 g/mol. The summed E-state index contributed by atoms with van der Waals surface area (Å²) in [6, 6.07) is 11.8. The Bertz CT molecular complexity index is 1220. The Kier molecular flexibility index (Phi) is 6.96. The second-order valence-corrected chi connectivity index (χ2v) is 11.5. The molecular formula is C27H28FN3O3S. The summed E-state index contributed by atoms with van der Waals surface area (Å²) in [4.78, 5) is 29.6. The van der Waals surface area contributed by atoms with E-state index in [0.29, 0.717) is 12.0 Å². The molecule has 1 amide bonds. The maximum Gasteiger partial charge on any atom is 0.411 e.